The topological polar surface area (TPSA) is 21.3 Å². The van der Waals surface area contributed by atoms with Crippen LogP contribution in [0.15, 0.2) is 24.3 Å². The summed E-state index contributed by atoms with van der Waals surface area (Å²) in [6.07, 6.45) is 2.54. The molecule has 0 heterocycles. The van der Waals surface area contributed by atoms with E-state index in [1.165, 1.54) is 12.0 Å². The molecule has 1 atom stereocenters. The van der Waals surface area contributed by atoms with Gasteiger partial charge in [-0.3, -0.25) is 0 Å². The van der Waals surface area contributed by atoms with Crippen LogP contribution in [0.25, 0.3) is 0 Å². The van der Waals surface area contributed by atoms with Crippen molar-refractivity contribution in [1.82, 2.24) is 5.32 Å². The quantitative estimate of drug-likeness (QED) is 0.759. The van der Waals surface area contributed by atoms with Gasteiger partial charge in [0.05, 0.1) is 0 Å². The number of hydrogen-bond acceptors (Lipinski definition) is 2. The fourth-order valence-corrected chi connectivity index (χ4v) is 1.87. The number of benzene rings is 1. The van der Waals surface area contributed by atoms with E-state index in [4.69, 9.17) is 4.74 Å². The molecule has 0 aliphatic carbocycles. The van der Waals surface area contributed by atoms with Gasteiger partial charge >= 0.3 is 0 Å². The number of hydrogen-bond donors (Lipinski definition) is 1. The molecule has 0 radical (unpaired) electrons. The van der Waals surface area contributed by atoms with Crippen molar-refractivity contribution in [2.75, 3.05) is 13.1 Å². The van der Waals surface area contributed by atoms with Crippen molar-refractivity contribution in [2.45, 2.75) is 46.6 Å². The van der Waals surface area contributed by atoms with Gasteiger partial charge in [-0.1, -0.05) is 39.3 Å². The first-order chi connectivity index (χ1) is 8.61. The molecule has 0 amide bonds. The van der Waals surface area contributed by atoms with Crippen molar-refractivity contribution < 1.29 is 4.74 Å². The predicted molar refractivity (Wildman–Crippen MR) is 78.2 cm³/mol. The zero-order chi connectivity index (χ0) is 13.4. The summed E-state index contributed by atoms with van der Waals surface area (Å²) in [6.45, 7) is 10.7. The van der Waals surface area contributed by atoms with Gasteiger partial charge in [-0.15, -0.1) is 0 Å². The standard InChI is InChI=1S/C16H27NO/c1-5-6-15-7-9-16(10-8-15)18-14(4)12-17-11-13(2)3/h7-10,13-14,17H,5-6,11-12H2,1-4H3. The highest BCUT2D eigenvalue weighted by Gasteiger charge is 2.04. The minimum Gasteiger partial charge on any atom is -0.489 e. The first kappa shape index (κ1) is 15.0. The molecule has 0 aromatic heterocycles. The van der Waals surface area contributed by atoms with E-state index in [-0.39, 0.29) is 6.10 Å². The average molecular weight is 249 g/mol. The largest absolute Gasteiger partial charge is 0.489 e. The molecule has 0 spiro atoms. The summed E-state index contributed by atoms with van der Waals surface area (Å²) in [6, 6.07) is 8.47. The Morgan fingerprint density at radius 3 is 2.28 bits per heavy atom. The van der Waals surface area contributed by atoms with Gasteiger partial charge in [0.25, 0.3) is 0 Å². The third kappa shape index (κ3) is 6.06. The van der Waals surface area contributed by atoms with E-state index in [0.29, 0.717) is 5.92 Å². The maximum absolute atomic E-state index is 5.87. The van der Waals surface area contributed by atoms with Gasteiger partial charge in [-0.2, -0.15) is 0 Å². The van der Waals surface area contributed by atoms with Crippen LogP contribution >= 0.6 is 0 Å². The molecule has 1 N–H and O–H groups in total. The Balaban J connectivity index is 2.32. The van der Waals surface area contributed by atoms with E-state index in [0.717, 1.165) is 25.3 Å². The molecule has 2 nitrogen and oxygen atoms in total. The van der Waals surface area contributed by atoms with E-state index in [9.17, 15) is 0 Å². The fraction of sp³-hybridized carbons (Fsp3) is 0.625. The van der Waals surface area contributed by atoms with Gasteiger partial charge < -0.3 is 10.1 Å². The van der Waals surface area contributed by atoms with Crippen LogP contribution in [0, 0.1) is 5.92 Å². The highest BCUT2D eigenvalue weighted by molar-refractivity contribution is 5.27. The Labute approximate surface area is 112 Å². The lowest BCUT2D eigenvalue weighted by molar-refractivity contribution is 0.215. The van der Waals surface area contributed by atoms with Gasteiger partial charge in [0, 0.05) is 6.54 Å². The fourth-order valence-electron chi connectivity index (χ4n) is 1.87. The Morgan fingerprint density at radius 1 is 1.06 bits per heavy atom. The molecular formula is C16H27NO. The van der Waals surface area contributed by atoms with Crippen LogP contribution in [0.3, 0.4) is 0 Å². The lowest BCUT2D eigenvalue weighted by Gasteiger charge is -2.16. The Morgan fingerprint density at radius 2 is 1.72 bits per heavy atom. The molecule has 0 bridgehead atoms. The number of rotatable bonds is 8. The van der Waals surface area contributed by atoms with Gasteiger partial charge in [-0.05, 0) is 43.5 Å². The molecule has 18 heavy (non-hydrogen) atoms. The summed E-state index contributed by atoms with van der Waals surface area (Å²) in [5, 5.41) is 3.41. The first-order valence-corrected chi connectivity index (χ1v) is 7.08. The maximum Gasteiger partial charge on any atom is 0.119 e. The molecule has 0 aliphatic heterocycles. The zero-order valence-electron chi connectivity index (χ0n) is 12.2. The first-order valence-electron chi connectivity index (χ1n) is 7.08. The highest BCUT2D eigenvalue weighted by Crippen LogP contribution is 2.14. The Bertz CT molecular complexity index is 318. The van der Waals surface area contributed by atoms with E-state index < -0.39 is 0 Å². The molecule has 102 valence electrons. The number of nitrogens with one attached hydrogen (secondary N) is 1. The normalized spacial score (nSPS) is 12.7. The molecule has 1 unspecified atom stereocenters. The summed E-state index contributed by atoms with van der Waals surface area (Å²) in [4.78, 5) is 0. The second-order valence-corrected chi connectivity index (χ2v) is 5.37. The third-order valence-electron chi connectivity index (χ3n) is 2.78. The van der Waals surface area contributed by atoms with E-state index >= 15 is 0 Å². The second-order valence-electron chi connectivity index (χ2n) is 5.37. The lowest BCUT2D eigenvalue weighted by Crippen LogP contribution is -2.31. The maximum atomic E-state index is 5.87. The SMILES string of the molecule is CCCc1ccc(OC(C)CNCC(C)C)cc1. The summed E-state index contributed by atoms with van der Waals surface area (Å²) >= 11 is 0. The van der Waals surface area contributed by atoms with Gasteiger partial charge in [0.2, 0.25) is 0 Å². The van der Waals surface area contributed by atoms with Gasteiger partial charge in [-0.25, -0.2) is 0 Å². The van der Waals surface area contributed by atoms with Gasteiger partial charge in [0.1, 0.15) is 11.9 Å². The van der Waals surface area contributed by atoms with Crippen molar-refractivity contribution in [3.8, 4) is 5.75 Å². The van der Waals surface area contributed by atoms with Crippen molar-refractivity contribution in [2.24, 2.45) is 5.92 Å². The van der Waals surface area contributed by atoms with E-state index in [1.807, 2.05) is 0 Å². The summed E-state index contributed by atoms with van der Waals surface area (Å²) in [5.41, 5.74) is 1.38. The molecule has 0 saturated carbocycles. The van der Waals surface area contributed by atoms with Crippen LogP contribution in [0.2, 0.25) is 0 Å². The van der Waals surface area contributed by atoms with E-state index in [2.05, 4.69) is 57.3 Å². The van der Waals surface area contributed by atoms with Crippen molar-refractivity contribution in [3.63, 3.8) is 0 Å². The Hall–Kier alpha value is -1.02. The van der Waals surface area contributed by atoms with Crippen molar-refractivity contribution in [3.05, 3.63) is 29.8 Å². The molecular weight excluding hydrogens is 222 g/mol. The predicted octanol–water partition coefficient (Wildman–Crippen LogP) is 3.65. The van der Waals surface area contributed by atoms with Crippen LogP contribution < -0.4 is 10.1 Å². The number of ether oxygens (including phenoxy) is 1. The summed E-state index contributed by atoms with van der Waals surface area (Å²) in [7, 11) is 0. The second kappa shape index (κ2) is 8.15. The highest BCUT2D eigenvalue weighted by atomic mass is 16.5. The van der Waals surface area contributed by atoms with Crippen LogP contribution in [0.4, 0.5) is 0 Å². The summed E-state index contributed by atoms with van der Waals surface area (Å²) in [5.74, 6) is 1.65. The minimum absolute atomic E-state index is 0.209. The van der Waals surface area contributed by atoms with Crippen LogP contribution in [0.1, 0.15) is 39.7 Å². The molecule has 0 saturated heterocycles. The van der Waals surface area contributed by atoms with Gasteiger partial charge in [0.15, 0.2) is 0 Å². The zero-order valence-corrected chi connectivity index (χ0v) is 12.2. The van der Waals surface area contributed by atoms with Crippen molar-refractivity contribution in [1.29, 1.82) is 0 Å². The molecule has 0 fully saturated rings. The smallest absolute Gasteiger partial charge is 0.119 e. The van der Waals surface area contributed by atoms with Crippen molar-refractivity contribution >= 4 is 0 Å². The molecule has 1 aromatic carbocycles. The Kier molecular flexibility index (Phi) is 6.81. The molecule has 1 aromatic rings. The number of aryl methyl sites for hydroxylation is 1. The average Bonchev–Trinajstić information content (AvgIpc) is 2.31. The molecule has 0 aliphatic rings. The lowest BCUT2D eigenvalue weighted by atomic mass is 10.1. The van der Waals surface area contributed by atoms with Crippen LogP contribution in [0.5, 0.6) is 5.75 Å². The van der Waals surface area contributed by atoms with E-state index in [1.54, 1.807) is 0 Å². The minimum atomic E-state index is 0.209. The van der Waals surface area contributed by atoms with Crippen LogP contribution in [-0.4, -0.2) is 19.2 Å². The van der Waals surface area contributed by atoms with Crippen LogP contribution in [-0.2, 0) is 6.42 Å². The summed E-state index contributed by atoms with van der Waals surface area (Å²) < 4.78 is 5.87. The monoisotopic (exact) mass is 249 g/mol. The molecule has 2 heteroatoms. The third-order valence-corrected chi connectivity index (χ3v) is 2.78. The molecule has 1 rings (SSSR count).